The summed E-state index contributed by atoms with van der Waals surface area (Å²) in [6, 6.07) is 16.8. The van der Waals surface area contributed by atoms with Gasteiger partial charge in [-0.25, -0.2) is 12.7 Å². The number of sulfonamides is 1. The summed E-state index contributed by atoms with van der Waals surface area (Å²) in [5, 5.41) is 5.56. The molecule has 1 fully saturated rings. The van der Waals surface area contributed by atoms with Crippen molar-refractivity contribution in [1.29, 1.82) is 0 Å². The number of hydrogen-bond acceptors (Lipinski definition) is 4. The van der Waals surface area contributed by atoms with E-state index in [-0.39, 0.29) is 23.5 Å². The largest absolute Gasteiger partial charge is 0.326 e. The number of nitrogens with one attached hydrogen (secondary N) is 2. The summed E-state index contributed by atoms with van der Waals surface area (Å²) in [6.07, 6.45) is 2.30. The van der Waals surface area contributed by atoms with Crippen LogP contribution in [0.3, 0.4) is 0 Å². The molecule has 0 aliphatic carbocycles. The molecule has 1 aliphatic rings. The first kappa shape index (κ1) is 23.0. The van der Waals surface area contributed by atoms with Gasteiger partial charge in [0.25, 0.3) is 0 Å². The summed E-state index contributed by atoms with van der Waals surface area (Å²) in [7, 11) is -3.32. The minimum Gasteiger partial charge on any atom is -0.326 e. The first-order chi connectivity index (χ1) is 14.8. The maximum Gasteiger partial charge on any atom is 0.227 e. The van der Waals surface area contributed by atoms with Gasteiger partial charge in [0.15, 0.2) is 0 Å². The SMILES string of the molecule is CC(=O)Nc1cccc(NC(=O)C2CCN(S(=O)(=O)CCCc3ccccc3)CC2)c1. The number of rotatable bonds is 8. The van der Waals surface area contributed by atoms with Crippen LogP contribution in [-0.2, 0) is 26.0 Å². The second kappa shape index (κ2) is 10.5. The molecular weight excluding hydrogens is 414 g/mol. The highest BCUT2D eigenvalue weighted by molar-refractivity contribution is 7.89. The van der Waals surface area contributed by atoms with Crippen molar-refractivity contribution >= 4 is 33.2 Å². The molecule has 0 saturated carbocycles. The van der Waals surface area contributed by atoms with Crippen molar-refractivity contribution in [2.24, 2.45) is 5.92 Å². The first-order valence-corrected chi connectivity index (χ1v) is 12.1. The Morgan fingerprint density at radius 1 is 0.968 bits per heavy atom. The van der Waals surface area contributed by atoms with Crippen molar-refractivity contribution in [3.05, 3.63) is 60.2 Å². The Hall–Kier alpha value is -2.71. The fourth-order valence-corrected chi connectivity index (χ4v) is 5.29. The monoisotopic (exact) mass is 443 g/mol. The molecule has 0 bridgehead atoms. The predicted molar refractivity (Wildman–Crippen MR) is 122 cm³/mol. The van der Waals surface area contributed by atoms with Crippen molar-refractivity contribution < 1.29 is 18.0 Å². The molecule has 2 N–H and O–H groups in total. The Morgan fingerprint density at radius 3 is 2.26 bits per heavy atom. The second-order valence-corrected chi connectivity index (χ2v) is 9.92. The molecule has 31 heavy (non-hydrogen) atoms. The van der Waals surface area contributed by atoms with Crippen LogP contribution >= 0.6 is 0 Å². The van der Waals surface area contributed by atoms with Gasteiger partial charge < -0.3 is 10.6 Å². The van der Waals surface area contributed by atoms with Crippen molar-refractivity contribution in [3.8, 4) is 0 Å². The van der Waals surface area contributed by atoms with Crippen molar-refractivity contribution in [2.45, 2.75) is 32.6 Å². The Kier molecular flexibility index (Phi) is 7.81. The quantitative estimate of drug-likeness (QED) is 0.655. The average Bonchev–Trinajstić information content (AvgIpc) is 2.74. The molecule has 0 radical (unpaired) electrons. The minimum atomic E-state index is -3.32. The summed E-state index contributed by atoms with van der Waals surface area (Å²) in [5.41, 5.74) is 2.35. The lowest BCUT2D eigenvalue weighted by molar-refractivity contribution is -0.121. The van der Waals surface area contributed by atoms with Gasteiger partial charge in [-0.1, -0.05) is 36.4 Å². The topological polar surface area (TPSA) is 95.6 Å². The highest BCUT2D eigenvalue weighted by Gasteiger charge is 2.30. The van der Waals surface area contributed by atoms with Gasteiger partial charge in [-0.2, -0.15) is 0 Å². The number of hydrogen-bond donors (Lipinski definition) is 2. The number of carbonyl (C=O) groups excluding carboxylic acids is 2. The third kappa shape index (κ3) is 6.90. The van der Waals surface area contributed by atoms with Crippen LogP contribution in [0.5, 0.6) is 0 Å². The average molecular weight is 444 g/mol. The van der Waals surface area contributed by atoms with E-state index in [1.165, 1.54) is 11.2 Å². The predicted octanol–water partition coefficient (Wildman–Crippen LogP) is 3.26. The van der Waals surface area contributed by atoms with E-state index in [1.54, 1.807) is 24.3 Å². The van der Waals surface area contributed by atoms with E-state index in [2.05, 4.69) is 10.6 Å². The molecule has 2 aromatic rings. The first-order valence-electron chi connectivity index (χ1n) is 10.5. The zero-order valence-electron chi connectivity index (χ0n) is 17.7. The van der Waals surface area contributed by atoms with Crippen LogP contribution in [-0.4, -0.2) is 43.4 Å². The number of aryl methyl sites for hydroxylation is 1. The fourth-order valence-electron chi connectivity index (χ4n) is 3.75. The number of amides is 2. The minimum absolute atomic E-state index is 0.120. The number of anilines is 2. The normalized spacial score (nSPS) is 15.4. The third-order valence-corrected chi connectivity index (χ3v) is 7.34. The molecule has 2 amide bonds. The van der Waals surface area contributed by atoms with Gasteiger partial charge in [0.05, 0.1) is 5.75 Å². The molecule has 3 rings (SSSR count). The Morgan fingerprint density at radius 2 is 1.61 bits per heavy atom. The van der Waals surface area contributed by atoms with E-state index in [0.717, 1.165) is 12.0 Å². The molecule has 1 heterocycles. The molecule has 0 spiro atoms. The number of nitrogens with zero attached hydrogens (tertiary/aromatic N) is 1. The van der Waals surface area contributed by atoms with Crippen molar-refractivity contribution in [1.82, 2.24) is 4.31 Å². The summed E-state index contributed by atoms with van der Waals surface area (Å²) < 4.78 is 26.8. The van der Waals surface area contributed by atoms with E-state index in [4.69, 9.17) is 0 Å². The lowest BCUT2D eigenvalue weighted by Gasteiger charge is -2.30. The van der Waals surface area contributed by atoms with Crippen LogP contribution in [0.15, 0.2) is 54.6 Å². The zero-order chi connectivity index (χ0) is 22.3. The summed E-state index contributed by atoms with van der Waals surface area (Å²) in [4.78, 5) is 23.8. The zero-order valence-corrected chi connectivity index (χ0v) is 18.5. The summed E-state index contributed by atoms with van der Waals surface area (Å²) >= 11 is 0. The van der Waals surface area contributed by atoms with Gasteiger partial charge >= 0.3 is 0 Å². The summed E-state index contributed by atoms with van der Waals surface area (Å²) in [5.74, 6) is -0.420. The Bertz CT molecular complexity index is 1000. The van der Waals surface area contributed by atoms with E-state index in [0.29, 0.717) is 43.7 Å². The molecule has 0 unspecified atom stereocenters. The van der Waals surface area contributed by atoms with Gasteiger partial charge in [0.1, 0.15) is 0 Å². The van der Waals surface area contributed by atoms with E-state index in [1.807, 2.05) is 30.3 Å². The molecule has 7 nitrogen and oxygen atoms in total. The van der Waals surface area contributed by atoms with Gasteiger partial charge in [0, 0.05) is 37.3 Å². The van der Waals surface area contributed by atoms with Crippen LogP contribution in [0.2, 0.25) is 0 Å². The lowest BCUT2D eigenvalue weighted by Crippen LogP contribution is -2.42. The molecule has 2 aromatic carbocycles. The van der Waals surface area contributed by atoms with Gasteiger partial charge in [-0.05, 0) is 49.4 Å². The molecule has 166 valence electrons. The molecule has 8 heteroatoms. The van der Waals surface area contributed by atoms with E-state index >= 15 is 0 Å². The summed E-state index contributed by atoms with van der Waals surface area (Å²) in [6.45, 7) is 2.14. The van der Waals surface area contributed by atoms with E-state index in [9.17, 15) is 18.0 Å². The Labute approximate surface area is 183 Å². The van der Waals surface area contributed by atoms with Crippen LogP contribution < -0.4 is 10.6 Å². The highest BCUT2D eigenvalue weighted by atomic mass is 32.2. The highest BCUT2D eigenvalue weighted by Crippen LogP contribution is 2.23. The van der Waals surface area contributed by atoms with Crippen LogP contribution in [0, 0.1) is 5.92 Å². The van der Waals surface area contributed by atoms with Crippen LogP contribution in [0.1, 0.15) is 31.7 Å². The molecule has 0 aromatic heterocycles. The van der Waals surface area contributed by atoms with Crippen LogP contribution in [0.4, 0.5) is 11.4 Å². The number of benzene rings is 2. The van der Waals surface area contributed by atoms with Gasteiger partial charge in [-0.3, -0.25) is 9.59 Å². The molecule has 0 atom stereocenters. The number of piperidine rings is 1. The standard InChI is InChI=1S/C23H29N3O4S/c1-18(27)24-21-10-5-11-22(17-21)25-23(28)20-12-14-26(15-13-20)31(29,30)16-6-9-19-7-3-2-4-8-19/h2-5,7-8,10-11,17,20H,6,9,12-16H2,1H3,(H,24,27)(H,25,28). The molecule has 1 aliphatic heterocycles. The maximum absolute atomic E-state index is 12.7. The maximum atomic E-state index is 12.7. The van der Waals surface area contributed by atoms with Gasteiger partial charge in [0.2, 0.25) is 21.8 Å². The third-order valence-electron chi connectivity index (χ3n) is 5.38. The Balaban J connectivity index is 1.47. The van der Waals surface area contributed by atoms with Crippen molar-refractivity contribution in [3.63, 3.8) is 0 Å². The van der Waals surface area contributed by atoms with Gasteiger partial charge in [-0.15, -0.1) is 0 Å². The second-order valence-electron chi connectivity index (χ2n) is 7.83. The fraction of sp³-hybridized carbons (Fsp3) is 0.391. The lowest BCUT2D eigenvalue weighted by atomic mass is 9.97. The smallest absolute Gasteiger partial charge is 0.227 e. The van der Waals surface area contributed by atoms with E-state index < -0.39 is 10.0 Å². The molecular formula is C23H29N3O4S. The van der Waals surface area contributed by atoms with Crippen molar-refractivity contribution in [2.75, 3.05) is 29.5 Å². The molecule has 1 saturated heterocycles. The number of carbonyl (C=O) groups is 2. The van der Waals surface area contributed by atoms with Crippen LogP contribution in [0.25, 0.3) is 0 Å².